The van der Waals surface area contributed by atoms with Gasteiger partial charge in [-0.05, 0) is 33.2 Å². The highest BCUT2D eigenvalue weighted by atomic mass is 32.1. The van der Waals surface area contributed by atoms with Crippen molar-refractivity contribution in [3.63, 3.8) is 0 Å². The molecule has 5 heteroatoms. The summed E-state index contributed by atoms with van der Waals surface area (Å²) in [4.78, 5) is 8.68. The second-order valence-electron chi connectivity index (χ2n) is 5.60. The zero-order valence-corrected chi connectivity index (χ0v) is 13.8. The molecule has 0 radical (unpaired) electrons. The average Bonchev–Trinajstić information content (AvgIpc) is 2.78. The first kappa shape index (κ1) is 15.9. The van der Waals surface area contributed by atoms with Crippen molar-refractivity contribution < 1.29 is 4.74 Å². The first-order chi connectivity index (χ1) is 9.70. The van der Waals surface area contributed by atoms with Crippen LogP contribution in [0.1, 0.15) is 41.8 Å². The van der Waals surface area contributed by atoms with Gasteiger partial charge < -0.3 is 10.1 Å². The van der Waals surface area contributed by atoms with Crippen LogP contribution in [-0.2, 0) is 17.8 Å². The van der Waals surface area contributed by atoms with Gasteiger partial charge >= 0.3 is 0 Å². The molecule has 1 atom stereocenters. The second-order valence-corrected chi connectivity index (χ2v) is 6.77. The number of methoxy groups -OCH3 is 1. The molecule has 0 aliphatic carbocycles. The van der Waals surface area contributed by atoms with E-state index in [1.807, 2.05) is 11.3 Å². The SMILES string of the molecule is COCCNCc1sc(CN2CCCCC2C)nc1C. The Bertz CT molecular complexity index is 408. The molecule has 4 nitrogen and oxygen atoms in total. The Balaban J connectivity index is 1.86. The number of piperidine rings is 1. The van der Waals surface area contributed by atoms with Crippen LogP contribution >= 0.6 is 11.3 Å². The zero-order chi connectivity index (χ0) is 14.4. The molecule has 1 unspecified atom stereocenters. The minimum absolute atomic E-state index is 0.705. The second kappa shape index (κ2) is 8.08. The van der Waals surface area contributed by atoms with Gasteiger partial charge in [0.25, 0.3) is 0 Å². The highest BCUT2D eigenvalue weighted by Gasteiger charge is 2.20. The molecule has 1 aliphatic heterocycles. The molecule has 0 amide bonds. The van der Waals surface area contributed by atoms with Crippen molar-refractivity contribution in [2.24, 2.45) is 0 Å². The number of aromatic nitrogens is 1. The van der Waals surface area contributed by atoms with E-state index in [0.29, 0.717) is 6.04 Å². The molecule has 114 valence electrons. The summed E-state index contributed by atoms with van der Waals surface area (Å²) in [5, 5.41) is 4.66. The highest BCUT2D eigenvalue weighted by molar-refractivity contribution is 7.11. The van der Waals surface area contributed by atoms with E-state index in [-0.39, 0.29) is 0 Å². The van der Waals surface area contributed by atoms with Crippen molar-refractivity contribution in [3.8, 4) is 0 Å². The van der Waals surface area contributed by atoms with Gasteiger partial charge in [0, 0.05) is 31.1 Å². The van der Waals surface area contributed by atoms with Crippen LogP contribution in [0.5, 0.6) is 0 Å². The van der Waals surface area contributed by atoms with Crippen molar-refractivity contribution in [2.45, 2.75) is 52.2 Å². The van der Waals surface area contributed by atoms with Crippen LogP contribution in [0.3, 0.4) is 0 Å². The standard InChI is InChI=1S/C15H27N3OS/c1-12-6-4-5-8-18(12)11-15-17-13(2)14(20-15)10-16-7-9-19-3/h12,16H,4-11H2,1-3H3. The van der Waals surface area contributed by atoms with Gasteiger partial charge in [0.05, 0.1) is 18.8 Å². The van der Waals surface area contributed by atoms with E-state index < -0.39 is 0 Å². The van der Waals surface area contributed by atoms with Crippen LogP contribution in [0.4, 0.5) is 0 Å². The summed E-state index contributed by atoms with van der Waals surface area (Å²) in [7, 11) is 1.73. The number of likely N-dealkylation sites (tertiary alicyclic amines) is 1. The lowest BCUT2D eigenvalue weighted by Crippen LogP contribution is -2.36. The van der Waals surface area contributed by atoms with Gasteiger partial charge in [0.15, 0.2) is 0 Å². The third-order valence-electron chi connectivity index (χ3n) is 3.98. The summed E-state index contributed by atoms with van der Waals surface area (Å²) < 4.78 is 5.05. The van der Waals surface area contributed by atoms with Crippen LogP contribution in [0, 0.1) is 6.92 Å². The highest BCUT2D eigenvalue weighted by Crippen LogP contribution is 2.23. The van der Waals surface area contributed by atoms with Crippen molar-refractivity contribution in [3.05, 3.63) is 15.6 Å². The molecule has 0 spiro atoms. The lowest BCUT2D eigenvalue weighted by molar-refractivity contribution is 0.152. The van der Waals surface area contributed by atoms with E-state index >= 15 is 0 Å². The van der Waals surface area contributed by atoms with Gasteiger partial charge in [-0.3, -0.25) is 4.90 Å². The maximum Gasteiger partial charge on any atom is 0.107 e. The molecule has 0 saturated carbocycles. The average molecular weight is 297 g/mol. The Morgan fingerprint density at radius 1 is 1.45 bits per heavy atom. The Hall–Kier alpha value is -0.490. The van der Waals surface area contributed by atoms with Gasteiger partial charge in [0.2, 0.25) is 0 Å². The Morgan fingerprint density at radius 3 is 3.05 bits per heavy atom. The summed E-state index contributed by atoms with van der Waals surface area (Å²) >= 11 is 1.86. The van der Waals surface area contributed by atoms with Gasteiger partial charge in [0.1, 0.15) is 5.01 Å². The van der Waals surface area contributed by atoms with E-state index in [9.17, 15) is 0 Å². The molecular weight excluding hydrogens is 270 g/mol. The predicted octanol–water partition coefficient (Wildman–Crippen LogP) is 2.56. The quantitative estimate of drug-likeness (QED) is 0.785. The van der Waals surface area contributed by atoms with Crippen molar-refractivity contribution in [1.29, 1.82) is 0 Å². The fourth-order valence-corrected chi connectivity index (χ4v) is 3.73. The van der Waals surface area contributed by atoms with Crippen LogP contribution in [0.15, 0.2) is 0 Å². The number of ether oxygens (including phenoxy) is 1. The molecular formula is C15H27N3OS. The Labute approximate surface area is 126 Å². The normalized spacial score (nSPS) is 20.4. The lowest BCUT2D eigenvalue weighted by atomic mass is 10.0. The van der Waals surface area contributed by atoms with Crippen molar-refractivity contribution in [1.82, 2.24) is 15.2 Å². The summed E-state index contributed by atoms with van der Waals surface area (Å²) in [6.07, 6.45) is 4.04. The molecule has 1 aromatic heterocycles. The zero-order valence-electron chi connectivity index (χ0n) is 12.9. The van der Waals surface area contributed by atoms with E-state index in [1.165, 1.54) is 41.4 Å². The monoisotopic (exact) mass is 297 g/mol. The van der Waals surface area contributed by atoms with Crippen molar-refractivity contribution in [2.75, 3.05) is 26.8 Å². The number of nitrogens with one attached hydrogen (secondary N) is 1. The smallest absolute Gasteiger partial charge is 0.107 e. The van der Waals surface area contributed by atoms with Crippen LogP contribution < -0.4 is 5.32 Å². The van der Waals surface area contributed by atoms with E-state index in [1.54, 1.807) is 7.11 Å². The topological polar surface area (TPSA) is 37.4 Å². The summed E-state index contributed by atoms with van der Waals surface area (Å²) in [5.74, 6) is 0. The number of nitrogens with zero attached hydrogens (tertiary/aromatic N) is 2. The Morgan fingerprint density at radius 2 is 2.30 bits per heavy atom. The minimum atomic E-state index is 0.705. The molecule has 1 aromatic rings. The molecule has 1 aliphatic rings. The number of rotatable bonds is 7. The molecule has 0 bridgehead atoms. The number of aryl methyl sites for hydroxylation is 1. The van der Waals surface area contributed by atoms with Crippen LogP contribution in [0.2, 0.25) is 0 Å². The van der Waals surface area contributed by atoms with E-state index in [0.717, 1.165) is 26.2 Å². The maximum absolute atomic E-state index is 5.05. The van der Waals surface area contributed by atoms with Gasteiger partial charge in [-0.1, -0.05) is 6.42 Å². The maximum atomic E-state index is 5.05. The summed E-state index contributed by atoms with van der Waals surface area (Å²) in [6.45, 7) is 9.26. The predicted molar refractivity (Wildman–Crippen MR) is 84.2 cm³/mol. The van der Waals surface area contributed by atoms with Crippen LogP contribution in [0.25, 0.3) is 0 Å². The fourth-order valence-electron chi connectivity index (χ4n) is 2.66. The molecule has 2 rings (SSSR count). The van der Waals surface area contributed by atoms with Gasteiger partial charge in [-0.2, -0.15) is 0 Å². The molecule has 1 fully saturated rings. The molecule has 0 aromatic carbocycles. The number of hydrogen-bond donors (Lipinski definition) is 1. The first-order valence-electron chi connectivity index (χ1n) is 7.59. The third kappa shape index (κ3) is 4.52. The van der Waals surface area contributed by atoms with Gasteiger partial charge in [-0.25, -0.2) is 4.98 Å². The molecule has 1 saturated heterocycles. The number of hydrogen-bond acceptors (Lipinski definition) is 5. The molecule has 2 heterocycles. The summed E-state index contributed by atoms with van der Waals surface area (Å²) in [6, 6.07) is 0.705. The van der Waals surface area contributed by atoms with Crippen molar-refractivity contribution >= 4 is 11.3 Å². The van der Waals surface area contributed by atoms with E-state index in [2.05, 4.69) is 24.1 Å². The van der Waals surface area contributed by atoms with Crippen LogP contribution in [-0.4, -0.2) is 42.7 Å². The first-order valence-corrected chi connectivity index (χ1v) is 8.41. The van der Waals surface area contributed by atoms with Gasteiger partial charge in [-0.15, -0.1) is 11.3 Å². The molecule has 1 N–H and O–H groups in total. The lowest BCUT2D eigenvalue weighted by Gasteiger charge is -2.32. The molecule has 20 heavy (non-hydrogen) atoms. The minimum Gasteiger partial charge on any atom is -0.383 e. The third-order valence-corrected chi connectivity index (χ3v) is 5.13. The summed E-state index contributed by atoms with van der Waals surface area (Å²) in [5.41, 5.74) is 1.18. The number of thiazole rings is 1. The Kier molecular flexibility index (Phi) is 6.42. The fraction of sp³-hybridized carbons (Fsp3) is 0.800. The largest absolute Gasteiger partial charge is 0.383 e. The van der Waals surface area contributed by atoms with E-state index in [4.69, 9.17) is 9.72 Å².